The van der Waals surface area contributed by atoms with E-state index in [1.165, 1.54) is 0 Å². The van der Waals surface area contributed by atoms with Crippen LogP contribution in [0, 0.1) is 5.92 Å². The number of hydrogen-bond acceptors (Lipinski definition) is 3. The van der Waals surface area contributed by atoms with E-state index in [1.54, 1.807) is 18.2 Å². The fraction of sp³-hybridized carbons (Fsp3) is 0.455. The molecule has 0 bridgehead atoms. The predicted molar refractivity (Wildman–Crippen MR) is 64.5 cm³/mol. The number of nitrogens with one attached hydrogen (secondary N) is 1. The second kappa shape index (κ2) is 4.02. The van der Waals surface area contributed by atoms with Crippen LogP contribution in [0.3, 0.4) is 0 Å². The van der Waals surface area contributed by atoms with Crippen molar-refractivity contribution in [1.82, 2.24) is 5.32 Å². The molecule has 0 saturated heterocycles. The van der Waals surface area contributed by atoms with Gasteiger partial charge in [0.15, 0.2) is 9.84 Å². The van der Waals surface area contributed by atoms with Gasteiger partial charge in [-0.25, -0.2) is 8.42 Å². The monoisotopic (exact) mass is 259 g/mol. The Balaban J connectivity index is 2.67. The highest BCUT2D eigenvalue weighted by Crippen LogP contribution is 2.36. The molecule has 3 nitrogen and oxygen atoms in total. The molecule has 0 amide bonds. The zero-order valence-corrected chi connectivity index (χ0v) is 10.8. The molecule has 0 aliphatic carbocycles. The van der Waals surface area contributed by atoms with Crippen molar-refractivity contribution in [3.05, 3.63) is 28.8 Å². The second-order valence-electron chi connectivity index (χ2n) is 4.21. The zero-order valence-electron chi connectivity index (χ0n) is 9.20. The molecule has 1 aromatic rings. The summed E-state index contributed by atoms with van der Waals surface area (Å²) in [4.78, 5) is 0.411. The number of sulfone groups is 1. The lowest BCUT2D eigenvalue weighted by Crippen LogP contribution is -2.34. The summed E-state index contributed by atoms with van der Waals surface area (Å²) in [5.41, 5.74) is 0.786. The van der Waals surface area contributed by atoms with Crippen molar-refractivity contribution in [2.24, 2.45) is 5.92 Å². The molecule has 5 heteroatoms. The number of rotatable bonds is 1. The van der Waals surface area contributed by atoms with Crippen molar-refractivity contribution in [3.63, 3.8) is 0 Å². The van der Waals surface area contributed by atoms with Gasteiger partial charge in [0, 0.05) is 11.1 Å². The first-order valence-corrected chi connectivity index (χ1v) is 7.18. The molecule has 1 aromatic carbocycles. The van der Waals surface area contributed by atoms with Gasteiger partial charge >= 0.3 is 0 Å². The summed E-state index contributed by atoms with van der Waals surface area (Å²) in [6.45, 7) is 1.93. The number of fused-ring (bicyclic) bond motifs is 1. The predicted octanol–water partition coefficient (Wildman–Crippen LogP) is 2.02. The first-order chi connectivity index (χ1) is 7.45. The van der Waals surface area contributed by atoms with E-state index >= 15 is 0 Å². The molecule has 0 fully saturated rings. The molecular weight excluding hydrogens is 246 g/mol. The van der Waals surface area contributed by atoms with E-state index < -0.39 is 9.84 Å². The Morgan fingerprint density at radius 2 is 2.12 bits per heavy atom. The van der Waals surface area contributed by atoms with E-state index in [0.29, 0.717) is 9.92 Å². The van der Waals surface area contributed by atoms with E-state index in [-0.39, 0.29) is 17.7 Å². The summed E-state index contributed by atoms with van der Waals surface area (Å²) in [7, 11) is -1.31. The van der Waals surface area contributed by atoms with Crippen LogP contribution in [-0.4, -0.2) is 21.2 Å². The molecule has 0 aromatic heterocycles. The Morgan fingerprint density at radius 1 is 1.44 bits per heavy atom. The van der Waals surface area contributed by atoms with Crippen molar-refractivity contribution in [1.29, 1.82) is 0 Å². The quantitative estimate of drug-likeness (QED) is 0.839. The SMILES string of the molecule is CNC1c2cc(Cl)ccc2S(=O)(=O)CC1C. The molecule has 16 heavy (non-hydrogen) atoms. The molecule has 88 valence electrons. The Labute approximate surface area is 101 Å². The largest absolute Gasteiger partial charge is 0.313 e. The molecule has 2 unspecified atom stereocenters. The van der Waals surface area contributed by atoms with Gasteiger partial charge in [-0.2, -0.15) is 0 Å². The number of hydrogen-bond donors (Lipinski definition) is 1. The van der Waals surface area contributed by atoms with Gasteiger partial charge < -0.3 is 5.32 Å². The van der Waals surface area contributed by atoms with Crippen LogP contribution in [0.5, 0.6) is 0 Å². The lowest BCUT2D eigenvalue weighted by Gasteiger charge is -2.30. The maximum Gasteiger partial charge on any atom is 0.179 e. The zero-order chi connectivity index (χ0) is 11.9. The van der Waals surface area contributed by atoms with E-state index in [4.69, 9.17) is 11.6 Å². The first-order valence-electron chi connectivity index (χ1n) is 5.15. The standard InChI is InChI=1S/C11H14ClNO2S/c1-7-6-16(14,15)10-4-3-8(12)5-9(10)11(7)13-2/h3-5,7,11,13H,6H2,1-2H3. The van der Waals surface area contributed by atoms with Gasteiger partial charge in [0.2, 0.25) is 0 Å². The van der Waals surface area contributed by atoms with Crippen molar-refractivity contribution in [3.8, 4) is 0 Å². The third-order valence-electron chi connectivity index (χ3n) is 3.00. The number of halogens is 1. The Morgan fingerprint density at radius 3 is 2.75 bits per heavy atom. The van der Waals surface area contributed by atoms with Crippen LogP contribution in [0.2, 0.25) is 5.02 Å². The van der Waals surface area contributed by atoms with Crippen molar-refractivity contribution in [2.45, 2.75) is 17.9 Å². The van der Waals surface area contributed by atoms with Gasteiger partial charge in [0.1, 0.15) is 0 Å². The van der Waals surface area contributed by atoms with Gasteiger partial charge in [-0.1, -0.05) is 18.5 Å². The average Bonchev–Trinajstić information content (AvgIpc) is 2.16. The average molecular weight is 260 g/mol. The lowest BCUT2D eigenvalue weighted by molar-refractivity contribution is 0.421. The van der Waals surface area contributed by atoms with Crippen LogP contribution in [0.4, 0.5) is 0 Å². The van der Waals surface area contributed by atoms with E-state index in [9.17, 15) is 8.42 Å². The van der Waals surface area contributed by atoms with Crippen molar-refractivity contribution in [2.75, 3.05) is 12.8 Å². The van der Waals surface area contributed by atoms with Crippen LogP contribution >= 0.6 is 11.6 Å². The minimum Gasteiger partial charge on any atom is -0.313 e. The molecule has 0 radical (unpaired) electrons. The molecule has 2 rings (SSSR count). The summed E-state index contributed by atoms with van der Waals surface area (Å²) in [6, 6.07) is 5.02. The Hall–Kier alpha value is -0.580. The van der Waals surface area contributed by atoms with Gasteiger partial charge in [-0.3, -0.25) is 0 Å². The van der Waals surface area contributed by atoms with Crippen LogP contribution in [0.1, 0.15) is 18.5 Å². The minimum absolute atomic E-state index is 0.0530. The first kappa shape index (κ1) is 11.9. The van der Waals surface area contributed by atoms with Gasteiger partial charge in [0.25, 0.3) is 0 Å². The third kappa shape index (κ3) is 1.85. The normalized spacial score (nSPS) is 27.4. The third-order valence-corrected chi connectivity index (χ3v) is 5.25. The highest BCUT2D eigenvalue weighted by Gasteiger charge is 2.34. The molecule has 1 heterocycles. The smallest absolute Gasteiger partial charge is 0.179 e. The van der Waals surface area contributed by atoms with Crippen LogP contribution in [0.15, 0.2) is 23.1 Å². The fourth-order valence-electron chi connectivity index (χ4n) is 2.32. The maximum atomic E-state index is 12.0. The Kier molecular flexibility index (Phi) is 2.99. The van der Waals surface area contributed by atoms with Crippen LogP contribution < -0.4 is 5.32 Å². The fourth-order valence-corrected chi connectivity index (χ4v) is 4.39. The minimum atomic E-state index is -3.15. The van der Waals surface area contributed by atoms with E-state index in [0.717, 1.165) is 5.56 Å². The molecule has 0 saturated carbocycles. The molecule has 0 spiro atoms. The van der Waals surface area contributed by atoms with E-state index in [2.05, 4.69) is 5.32 Å². The highest BCUT2D eigenvalue weighted by molar-refractivity contribution is 7.91. The summed E-state index contributed by atoms with van der Waals surface area (Å²) < 4.78 is 24.0. The molecule has 2 atom stereocenters. The second-order valence-corrected chi connectivity index (χ2v) is 6.65. The lowest BCUT2D eigenvalue weighted by atomic mass is 9.95. The van der Waals surface area contributed by atoms with Crippen molar-refractivity contribution >= 4 is 21.4 Å². The Bertz CT molecular complexity index is 513. The summed E-state index contributed by atoms with van der Waals surface area (Å²) in [6.07, 6.45) is 0. The van der Waals surface area contributed by atoms with Crippen LogP contribution in [0.25, 0.3) is 0 Å². The molecule has 1 aliphatic heterocycles. The van der Waals surface area contributed by atoms with Crippen molar-refractivity contribution < 1.29 is 8.42 Å². The topological polar surface area (TPSA) is 46.2 Å². The molecular formula is C11H14ClNO2S. The highest BCUT2D eigenvalue weighted by atomic mass is 35.5. The molecule has 1 N–H and O–H groups in total. The van der Waals surface area contributed by atoms with Gasteiger partial charge in [-0.05, 0) is 36.7 Å². The van der Waals surface area contributed by atoms with E-state index in [1.807, 2.05) is 14.0 Å². The van der Waals surface area contributed by atoms with Crippen LogP contribution in [-0.2, 0) is 9.84 Å². The molecule has 1 aliphatic rings. The summed E-state index contributed by atoms with van der Waals surface area (Å²) in [5, 5.41) is 3.72. The summed E-state index contributed by atoms with van der Waals surface area (Å²) in [5.74, 6) is 0.244. The van der Waals surface area contributed by atoms with Gasteiger partial charge in [-0.15, -0.1) is 0 Å². The number of benzene rings is 1. The maximum absolute atomic E-state index is 12.0. The van der Waals surface area contributed by atoms with Gasteiger partial charge in [0.05, 0.1) is 10.6 Å². The summed E-state index contributed by atoms with van der Waals surface area (Å²) >= 11 is 5.92.